The summed E-state index contributed by atoms with van der Waals surface area (Å²) in [5.74, 6) is 0.671. The molecule has 2 aromatic carbocycles. The number of carbonyl (C=O) groups is 2. The maximum Gasteiger partial charge on any atom is 0.234 e. The number of benzene rings is 2. The minimum absolute atomic E-state index is 0.125. The van der Waals surface area contributed by atoms with Gasteiger partial charge in [-0.3, -0.25) is 9.59 Å². The second-order valence-corrected chi connectivity index (χ2v) is 9.49. The summed E-state index contributed by atoms with van der Waals surface area (Å²) in [6, 6.07) is 14.9. The van der Waals surface area contributed by atoms with Crippen LogP contribution in [-0.2, 0) is 16.0 Å². The Bertz CT molecular complexity index is 1170. The van der Waals surface area contributed by atoms with E-state index in [9.17, 15) is 9.59 Å². The van der Waals surface area contributed by atoms with Gasteiger partial charge in [-0.15, -0.1) is 11.3 Å². The molecule has 7 nitrogen and oxygen atoms in total. The molecule has 0 aliphatic heterocycles. The highest BCUT2D eigenvalue weighted by Crippen LogP contribution is 2.26. The topological polar surface area (TPSA) is 93.2 Å². The Labute approximate surface area is 190 Å². The Morgan fingerprint density at radius 3 is 2.61 bits per heavy atom. The molecule has 2 amide bonds. The number of nitrogens with zero attached hydrogens (tertiary/aromatic N) is 2. The van der Waals surface area contributed by atoms with E-state index in [1.807, 2.05) is 29.6 Å². The minimum atomic E-state index is -0.168. The van der Waals surface area contributed by atoms with E-state index in [0.717, 1.165) is 20.3 Å². The Morgan fingerprint density at radius 2 is 1.84 bits per heavy atom. The molecular weight excluding hydrogens is 452 g/mol. The fourth-order valence-corrected chi connectivity index (χ4v) is 5.21. The molecule has 0 saturated heterocycles. The second kappa shape index (κ2) is 9.90. The van der Waals surface area contributed by atoms with Crippen molar-refractivity contribution < 1.29 is 14.3 Å². The summed E-state index contributed by atoms with van der Waals surface area (Å²) in [5.41, 5.74) is 2.24. The summed E-state index contributed by atoms with van der Waals surface area (Å²) in [5, 5.41) is 8.07. The quantitative estimate of drug-likeness (QED) is 0.364. The van der Waals surface area contributed by atoms with Gasteiger partial charge in [-0.25, -0.2) is 9.97 Å². The highest BCUT2D eigenvalue weighted by Gasteiger charge is 2.12. The predicted octanol–water partition coefficient (Wildman–Crippen LogP) is 4.67. The van der Waals surface area contributed by atoms with Gasteiger partial charge in [-0.05, 0) is 36.4 Å². The van der Waals surface area contributed by atoms with Gasteiger partial charge in [-0.2, -0.15) is 0 Å². The Balaban J connectivity index is 1.25. The zero-order valence-corrected chi connectivity index (χ0v) is 18.9. The molecule has 0 aliphatic rings. The van der Waals surface area contributed by atoms with Gasteiger partial charge in [0.2, 0.25) is 11.8 Å². The molecular formula is C21H18N4O3S3. The summed E-state index contributed by atoms with van der Waals surface area (Å²) in [7, 11) is 1.59. The number of methoxy groups -OCH3 is 1. The fourth-order valence-electron chi connectivity index (χ4n) is 2.69. The van der Waals surface area contributed by atoms with E-state index in [4.69, 9.17) is 4.74 Å². The van der Waals surface area contributed by atoms with Gasteiger partial charge < -0.3 is 15.4 Å². The molecule has 2 heterocycles. The first kappa shape index (κ1) is 21.3. The Kier molecular flexibility index (Phi) is 6.80. The van der Waals surface area contributed by atoms with Crippen LogP contribution in [0.15, 0.2) is 58.3 Å². The number of rotatable bonds is 8. The highest BCUT2D eigenvalue weighted by molar-refractivity contribution is 8.01. The van der Waals surface area contributed by atoms with Crippen molar-refractivity contribution in [3.8, 4) is 5.75 Å². The number of aromatic nitrogens is 2. The van der Waals surface area contributed by atoms with Crippen molar-refractivity contribution >= 4 is 67.3 Å². The predicted molar refractivity (Wildman–Crippen MR) is 126 cm³/mol. The van der Waals surface area contributed by atoms with Gasteiger partial charge in [0.25, 0.3) is 0 Å². The Morgan fingerprint density at radius 1 is 1.03 bits per heavy atom. The molecule has 0 atom stereocenters. The van der Waals surface area contributed by atoms with Crippen LogP contribution >= 0.6 is 34.4 Å². The number of anilines is 2. The fraction of sp³-hybridized carbons (Fsp3) is 0.143. The van der Waals surface area contributed by atoms with Crippen LogP contribution in [0.2, 0.25) is 0 Å². The SMILES string of the molecule is COc1ccc(NC(=O)CSc2nc(CC(=O)Nc3nc4ccccc4s3)cs2)cc1. The lowest BCUT2D eigenvalue weighted by atomic mass is 10.3. The van der Waals surface area contributed by atoms with Gasteiger partial charge in [0.15, 0.2) is 9.47 Å². The molecule has 4 aromatic rings. The number of ether oxygens (including phenoxy) is 1. The average molecular weight is 471 g/mol. The van der Waals surface area contributed by atoms with Gasteiger partial charge in [0.1, 0.15) is 5.75 Å². The smallest absolute Gasteiger partial charge is 0.234 e. The van der Waals surface area contributed by atoms with E-state index in [1.54, 1.807) is 31.4 Å². The van der Waals surface area contributed by atoms with E-state index in [-0.39, 0.29) is 24.0 Å². The van der Waals surface area contributed by atoms with Crippen molar-refractivity contribution in [2.75, 3.05) is 23.5 Å². The Hall–Kier alpha value is -2.95. The number of thiazole rings is 2. The monoisotopic (exact) mass is 470 g/mol. The minimum Gasteiger partial charge on any atom is -0.497 e. The molecule has 0 radical (unpaired) electrons. The van der Waals surface area contributed by atoms with Crippen LogP contribution < -0.4 is 15.4 Å². The van der Waals surface area contributed by atoms with E-state index in [2.05, 4.69) is 20.6 Å². The molecule has 2 N–H and O–H groups in total. The molecule has 10 heteroatoms. The molecule has 0 aliphatic carbocycles. The van der Waals surface area contributed by atoms with Crippen LogP contribution in [0.3, 0.4) is 0 Å². The van der Waals surface area contributed by atoms with E-state index in [0.29, 0.717) is 16.5 Å². The summed E-state index contributed by atoms with van der Waals surface area (Å²) < 4.78 is 6.87. The number of carbonyl (C=O) groups excluding carboxylic acids is 2. The van der Waals surface area contributed by atoms with Crippen LogP contribution in [0, 0.1) is 0 Å². The van der Waals surface area contributed by atoms with Crippen molar-refractivity contribution in [3.05, 3.63) is 59.6 Å². The third kappa shape index (κ3) is 5.81. The number of hydrogen-bond donors (Lipinski definition) is 2. The molecule has 0 bridgehead atoms. The molecule has 0 unspecified atom stereocenters. The van der Waals surface area contributed by atoms with E-state index in [1.165, 1.54) is 34.4 Å². The number of fused-ring (bicyclic) bond motifs is 1. The summed E-state index contributed by atoms with van der Waals surface area (Å²) in [4.78, 5) is 33.3. The van der Waals surface area contributed by atoms with Crippen molar-refractivity contribution in [2.45, 2.75) is 10.8 Å². The van der Waals surface area contributed by atoms with Crippen molar-refractivity contribution in [1.29, 1.82) is 0 Å². The highest BCUT2D eigenvalue weighted by atomic mass is 32.2. The largest absolute Gasteiger partial charge is 0.497 e. The molecule has 31 heavy (non-hydrogen) atoms. The molecule has 4 rings (SSSR count). The van der Waals surface area contributed by atoms with Crippen molar-refractivity contribution in [2.24, 2.45) is 0 Å². The van der Waals surface area contributed by atoms with Crippen LogP contribution in [-0.4, -0.2) is 34.6 Å². The first-order valence-electron chi connectivity index (χ1n) is 9.25. The number of thioether (sulfide) groups is 1. The lowest BCUT2D eigenvalue weighted by Crippen LogP contribution is -2.14. The molecule has 0 saturated carbocycles. The average Bonchev–Trinajstić information content (AvgIpc) is 3.38. The molecule has 2 aromatic heterocycles. The summed E-state index contributed by atoms with van der Waals surface area (Å²) in [6.45, 7) is 0. The third-order valence-corrected chi connectivity index (χ3v) is 7.13. The van der Waals surface area contributed by atoms with Crippen LogP contribution in [0.25, 0.3) is 10.2 Å². The summed E-state index contributed by atoms with van der Waals surface area (Å²) in [6.07, 6.45) is 0.158. The normalized spacial score (nSPS) is 10.7. The maximum atomic E-state index is 12.3. The van der Waals surface area contributed by atoms with E-state index < -0.39 is 0 Å². The molecule has 0 fully saturated rings. The van der Waals surface area contributed by atoms with Gasteiger partial charge in [-0.1, -0.05) is 35.2 Å². The van der Waals surface area contributed by atoms with Crippen LogP contribution in [0.1, 0.15) is 5.69 Å². The number of para-hydroxylation sites is 1. The zero-order chi connectivity index (χ0) is 21.6. The molecule has 158 valence electrons. The van der Waals surface area contributed by atoms with Crippen molar-refractivity contribution in [1.82, 2.24) is 9.97 Å². The standard InChI is InChI=1S/C21H18N4O3S3/c1-28-15-8-6-13(7-9-15)22-19(27)12-30-21-23-14(11-29-21)10-18(26)25-20-24-16-4-2-3-5-17(16)31-20/h2-9,11H,10,12H2,1H3,(H,22,27)(H,24,25,26). The lowest BCUT2D eigenvalue weighted by molar-refractivity contribution is -0.116. The first-order chi connectivity index (χ1) is 15.1. The summed E-state index contributed by atoms with van der Waals surface area (Å²) >= 11 is 4.20. The number of amides is 2. The lowest BCUT2D eigenvalue weighted by Gasteiger charge is -2.05. The first-order valence-corrected chi connectivity index (χ1v) is 11.9. The third-order valence-electron chi connectivity index (χ3n) is 4.11. The van der Waals surface area contributed by atoms with Gasteiger partial charge in [0.05, 0.1) is 35.2 Å². The zero-order valence-electron chi connectivity index (χ0n) is 16.5. The number of nitrogens with one attached hydrogen (secondary N) is 2. The van der Waals surface area contributed by atoms with Gasteiger partial charge >= 0.3 is 0 Å². The van der Waals surface area contributed by atoms with Crippen LogP contribution in [0.4, 0.5) is 10.8 Å². The molecule has 0 spiro atoms. The maximum absolute atomic E-state index is 12.3. The van der Waals surface area contributed by atoms with Crippen LogP contribution in [0.5, 0.6) is 5.75 Å². The van der Waals surface area contributed by atoms with Gasteiger partial charge in [0, 0.05) is 11.1 Å². The van der Waals surface area contributed by atoms with Crippen molar-refractivity contribution in [3.63, 3.8) is 0 Å². The second-order valence-electron chi connectivity index (χ2n) is 6.38. The number of hydrogen-bond acceptors (Lipinski definition) is 8. The van der Waals surface area contributed by atoms with E-state index >= 15 is 0 Å².